The van der Waals surface area contributed by atoms with Gasteiger partial charge in [-0.25, -0.2) is 0 Å². The molecule has 2 atom stereocenters. The van der Waals surface area contributed by atoms with Crippen LogP contribution in [0.3, 0.4) is 0 Å². The highest BCUT2D eigenvalue weighted by Gasteiger charge is 2.32. The van der Waals surface area contributed by atoms with E-state index in [2.05, 4.69) is 13.8 Å². The summed E-state index contributed by atoms with van der Waals surface area (Å²) < 4.78 is 0. The lowest BCUT2D eigenvalue weighted by Gasteiger charge is -2.23. The zero-order valence-corrected chi connectivity index (χ0v) is 7.90. The summed E-state index contributed by atoms with van der Waals surface area (Å²) in [5, 5.41) is 0. The Labute approximate surface area is 70.4 Å². The SMILES string of the molecule is CCCCC1(N)CCC(C)C1. The molecule has 0 spiro atoms. The van der Waals surface area contributed by atoms with Crippen molar-refractivity contribution in [3.63, 3.8) is 0 Å². The lowest BCUT2D eigenvalue weighted by molar-refractivity contribution is 0.379. The van der Waals surface area contributed by atoms with Crippen LogP contribution in [0.25, 0.3) is 0 Å². The minimum Gasteiger partial charge on any atom is -0.325 e. The average Bonchev–Trinajstić information content (AvgIpc) is 2.28. The van der Waals surface area contributed by atoms with E-state index in [0.717, 1.165) is 5.92 Å². The van der Waals surface area contributed by atoms with Crippen molar-refractivity contribution in [3.05, 3.63) is 0 Å². The first-order chi connectivity index (χ1) is 5.16. The molecule has 0 bridgehead atoms. The molecule has 0 aromatic carbocycles. The highest BCUT2D eigenvalue weighted by atomic mass is 14.8. The molecule has 2 unspecified atom stereocenters. The van der Waals surface area contributed by atoms with E-state index in [1.165, 1.54) is 38.5 Å². The molecule has 0 radical (unpaired) electrons. The molecule has 0 heterocycles. The smallest absolute Gasteiger partial charge is 0.0157 e. The Morgan fingerprint density at radius 2 is 2.27 bits per heavy atom. The van der Waals surface area contributed by atoms with Gasteiger partial charge >= 0.3 is 0 Å². The summed E-state index contributed by atoms with van der Waals surface area (Å²) in [5.41, 5.74) is 6.45. The molecule has 1 heteroatoms. The van der Waals surface area contributed by atoms with Crippen molar-refractivity contribution in [3.8, 4) is 0 Å². The Hall–Kier alpha value is -0.0400. The van der Waals surface area contributed by atoms with Gasteiger partial charge in [-0.1, -0.05) is 26.7 Å². The highest BCUT2D eigenvalue weighted by molar-refractivity contribution is 4.91. The molecule has 0 aliphatic heterocycles. The fraction of sp³-hybridized carbons (Fsp3) is 1.00. The van der Waals surface area contributed by atoms with Gasteiger partial charge in [-0.05, 0) is 31.6 Å². The summed E-state index contributed by atoms with van der Waals surface area (Å²) in [4.78, 5) is 0. The van der Waals surface area contributed by atoms with Crippen LogP contribution in [0, 0.1) is 5.92 Å². The molecule has 0 aromatic rings. The fourth-order valence-electron chi connectivity index (χ4n) is 2.19. The third-order valence-electron chi connectivity index (χ3n) is 2.92. The average molecular weight is 155 g/mol. The van der Waals surface area contributed by atoms with Crippen LogP contribution in [-0.2, 0) is 0 Å². The van der Waals surface area contributed by atoms with E-state index in [4.69, 9.17) is 5.73 Å². The molecule has 0 saturated heterocycles. The van der Waals surface area contributed by atoms with E-state index < -0.39 is 0 Å². The number of unbranched alkanes of at least 4 members (excludes halogenated alkanes) is 1. The second-order valence-corrected chi connectivity index (χ2v) is 4.31. The van der Waals surface area contributed by atoms with E-state index in [1.54, 1.807) is 0 Å². The molecule has 1 nitrogen and oxygen atoms in total. The lowest BCUT2D eigenvalue weighted by Crippen LogP contribution is -2.36. The maximum Gasteiger partial charge on any atom is 0.0157 e. The fourth-order valence-corrected chi connectivity index (χ4v) is 2.19. The Kier molecular flexibility index (Phi) is 2.94. The summed E-state index contributed by atoms with van der Waals surface area (Å²) in [7, 11) is 0. The maximum atomic E-state index is 6.24. The zero-order valence-electron chi connectivity index (χ0n) is 7.90. The summed E-state index contributed by atoms with van der Waals surface area (Å²) in [6.45, 7) is 4.56. The first-order valence-corrected chi connectivity index (χ1v) is 4.95. The quantitative estimate of drug-likeness (QED) is 0.666. The topological polar surface area (TPSA) is 26.0 Å². The molecule has 1 rings (SSSR count). The second-order valence-electron chi connectivity index (χ2n) is 4.31. The van der Waals surface area contributed by atoms with E-state index in [9.17, 15) is 0 Å². The molecule has 1 aliphatic carbocycles. The van der Waals surface area contributed by atoms with Gasteiger partial charge in [0.05, 0.1) is 0 Å². The molecule has 2 N–H and O–H groups in total. The first kappa shape index (κ1) is 9.05. The standard InChI is InChI=1S/C10H21N/c1-3-4-6-10(11)7-5-9(2)8-10/h9H,3-8,11H2,1-2H3. The van der Waals surface area contributed by atoms with Crippen LogP contribution in [0.15, 0.2) is 0 Å². The van der Waals surface area contributed by atoms with Crippen LogP contribution in [0.5, 0.6) is 0 Å². The largest absolute Gasteiger partial charge is 0.325 e. The first-order valence-electron chi connectivity index (χ1n) is 4.95. The van der Waals surface area contributed by atoms with Gasteiger partial charge < -0.3 is 5.73 Å². The van der Waals surface area contributed by atoms with Crippen molar-refractivity contribution in [2.24, 2.45) is 11.7 Å². The van der Waals surface area contributed by atoms with Crippen molar-refractivity contribution in [2.75, 3.05) is 0 Å². The van der Waals surface area contributed by atoms with E-state index >= 15 is 0 Å². The van der Waals surface area contributed by atoms with E-state index in [1.807, 2.05) is 0 Å². The number of hydrogen-bond donors (Lipinski definition) is 1. The van der Waals surface area contributed by atoms with Crippen LogP contribution in [0.4, 0.5) is 0 Å². The number of rotatable bonds is 3. The Balaban J connectivity index is 2.29. The lowest BCUT2D eigenvalue weighted by atomic mass is 9.91. The van der Waals surface area contributed by atoms with Crippen LogP contribution in [0.1, 0.15) is 52.4 Å². The van der Waals surface area contributed by atoms with Gasteiger partial charge in [0.15, 0.2) is 0 Å². The van der Waals surface area contributed by atoms with Gasteiger partial charge in [0, 0.05) is 5.54 Å². The van der Waals surface area contributed by atoms with Gasteiger partial charge in [-0.2, -0.15) is 0 Å². The Morgan fingerprint density at radius 1 is 1.55 bits per heavy atom. The highest BCUT2D eigenvalue weighted by Crippen LogP contribution is 2.35. The van der Waals surface area contributed by atoms with Crippen LogP contribution < -0.4 is 5.73 Å². The van der Waals surface area contributed by atoms with Crippen LogP contribution in [0.2, 0.25) is 0 Å². The monoisotopic (exact) mass is 155 g/mol. The molecular formula is C10H21N. The zero-order chi connectivity index (χ0) is 8.32. The van der Waals surface area contributed by atoms with Crippen molar-refractivity contribution >= 4 is 0 Å². The van der Waals surface area contributed by atoms with Crippen molar-refractivity contribution in [1.82, 2.24) is 0 Å². The van der Waals surface area contributed by atoms with E-state index in [-0.39, 0.29) is 5.54 Å². The number of nitrogens with two attached hydrogens (primary N) is 1. The third kappa shape index (κ3) is 2.48. The number of hydrogen-bond acceptors (Lipinski definition) is 1. The summed E-state index contributed by atoms with van der Waals surface area (Å²) in [6.07, 6.45) is 7.70. The van der Waals surface area contributed by atoms with E-state index in [0.29, 0.717) is 0 Å². The van der Waals surface area contributed by atoms with Gasteiger partial charge in [-0.15, -0.1) is 0 Å². The predicted octanol–water partition coefficient (Wildman–Crippen LogP) is 2.69. The van der Waals surface area contributed by atoms with Crippen molar-refractivity contribution in [1.29, 1.82) is 0 Å². The molecule has 1 fully saturated rings. The summed E-state index contributed by atoms with van der Waals surface area (Å²) in [5.74, 6) is 0.872. The maximum absolute atomic E-state index is 6.24. The summed E-state index contributed by atoms with van der Waals surface area (Å²) >= 11 is 0. The summed E-state index contributed by atoms with van der Waals surface area (Å²) in [6, 6.07) is 0. The second kappa shape index (κ2) is 3.57. The molecule has 0 aromatic heterocycles. The molecule has 1 saturated carbocycles. The Bertz CT molecular complexity index is 122. The minimum absolute atomic E-state index is 0.218. The van der Waals surface area contributed by atoms with Gasteiger partial charge in [0.1, 0.15) is 0 Å². The van der Waals surface area contributed by atoms with Gasteiger partial charge in [0.2, 0.25) is 0 Å². The minimum atomic E-state index is 0.218. The van der Waals surface area contributed by atoms with Crippen molar-refractivity contribution in [2.45, 2.75) is 57.9 Å². The van der Waals surface area contributed by atoms with Crippen LogP contribution in [-0.4, -0.2) is 5.54 Å². The van der Waals surface area contributed by atoms with Crippen LogP contribution >= 0.6 is 0 Å². The normalized spacial score (nSPS) is 37.9. The van der Waals surface area contributed by atoms with Crippen molar-refractivity contribution < 1.29 is 0 Å². The molecular weight excluding hydrogens is 134 g/mol. The van der Waals surface area contributed by atoms with Gasteiger partial charge in [-0.3, -0.25) is 0 Å². The van der Waals surface area contributed by atoms with Gasteiger partial charge in [0.25, 0.3) is 0 Å². The molecule has 1 aliphatic rings. The third-order valence-corrected chi connectivity index (χ3v) is 2.92. The molecule has 66 valence electrons. The Morgan fingerprint density at radius 3 is 2.73 bits per heavy atom. The molecule has 11 heavy (non-hydrogen) atoms. The molecule has 0 amide bonds. The predicted molar refractivity (Wildman–Crippen MR) is 49.5 cm³/mol.